The molecule has 0 radical (unpaired) electrons. The second kappa shape index (κ2) is 19.9. The number of carboxylic acid groups (broad SMARTS) is 2. The van der Waals surface area contributed by atoms with Crippen molar-refractivity contribution in [2.45, 2.75) is 148 Å². The number of carbonyl (C=O) groups is 4. The third-order valence-electron chi connectivity index (χ3n) is 10.2. The standard InChI is InChI=1S/C32H52N2O25/c1-9(37)33-17-23(46)20(43)15(55-27(17)48)7-53-28-18(34-10(2)38)24(47)21(44)16(56-28)8-54-31(29(49)50)4-14(22(45)26(58-31)13(41)6-36)57-32(30(51)52)3-11(39)19(42)25(59-32)12(40)5-35/h11-28,35-36,39-48H,3-8H2,1-2H3,(H,33,37)(H,34,38)(H,49,50)(H,51,52)/t11-,12-,13-,14-,15-,16-,17-,18-,19-,20-,21-,22-,23-,24-,25-,26-,27-,28-,31-,32-/m1/s1. The van der Waals surface area contributed by atoms with Crippen LogP contribution in [0.5, 0.6) is 0 Å². The summed E-state index contributed by atoms with van der Waals surface area (Å²) in [6.45, 7) is -2.04. The Kier molecular flexibility index (Phi) is 16.4. The lowest BCUT2D eigenvalue weighted by molar-refractivity contribution is -0.378. The summed E-state index contributed by atoms with van der Waals surface area (Å²) in [5, 5.41) is 150. The summed E-state index contributed by atoms with van der Waals surface area (Å²) >= 11 is 0. The van der Waals surface area contributed by atoms with Crippen LogP contribution in [0.3, 0.4) is 0 Å². The van der Waals surface area contributed by atoms with Gasteiger partial charge in [-0.1, -0.05) is 0 Å². The minimum absolute atomic E-state index is 0.674. The molecule has 0 bridgehead atoms. The van der Waals surface area contributed by atoms with Crippen LogP contribution in [0.25, 0.3) is 0 Å². The van der Waals surface area contributed by atoms with Crippen LogP contribution < -0.4 is 10.6 Å². The van der Waals surface area contributed by atoms with E-state index >= 15 is 0 Å². The molecule has 2 amide bonds. The van der Waals surface area contributed by atoms with Crippen molar-refractivity contribution < 1.29 is 124 Å². The highest BCUT2D eigenvalue weighted by Gasteiger charge is 2.61. The van der Waals surface area contributed by atoms with Gasteiger partial charge in [-0.15, -0.1) is 0 Å². The van der Waals surface area contributed by atoms with Gasteiger partial charge in [0.05, 0.1) is 38.6 Å². The molecule has 0 aromatic rings. The van der Waals surface area contributed by atoms with Crippen LogP contribution in [0.4, 0.5) is 0 Å². The van der Waals surface area contributed by atoms with E-state index in [1.165, 1.54) is 0 Å². The molecule has 20 atom stereocenters. The largest absolute Gasteiger partial charge is 0.477 e. The van der Waals surface area contributed by atoms with E-state index in [1.807, 2.05) is 0 Å². The Hall–Kier alpha value is -2.88. The fraction of sp³-hybridized carbons (Fsp3) is 0.875. The van der Waals surface area contributed by atoms with E-state index in [-0.39, 0.29) is 0 Å². The maximum absolute atomic E-state index is 12.9. The number of aliphatic hydroxyl groups excluding tert-OH is 12. The Bertz CT molecular complexity index is 1460. The van der Waals surface area contributed by atoms with Crippen LogP contribution in [-0.4, -0.2) is 243 Å². The van der Waals surface area contributed by atoms with E-state index in [0.29, 0.717) is 0 Å². The van der Waals surface area contributed by atoms with Gasteiger partial charge < -0.3 is 115 Å². The molecule has 59 heavy (non-hydrogen) atoms. The maximum atomic E-state index is 12.9. The van der Waals surface area contributed by atoms with Crippen molar-refractivity contribution in [3.05, 3.63) is 0 Å². The Morgan fingerprint density at radius 1 is 0.661 bits per heavy atom. The molecule has 4 aliphatic rings. The fourth-order valence-corrected chi connectivity index (χ4v) is 7.10. The minimum Gasteiger partial charge on any atom is -0.477 e. The minimum atomic E-state index is -3.11. The van der Waals surface area contributed by atoms with Crippen molar-refractivity contribution in [2.24, 2.45) is 0 Å². The number of nitrogens with one attached hydrogen (secondary N) is 2. The fourth-order valence-electron chi connectivity index (χ4n) is 7.10. The van der Waals surface area contributed by atoms with E-state index < -0.39 is 185 Å². The van der Waals surface area contributed by atoms with Crippen LogP contribution in [0.15, 0.2) is 0 Å². The molecular weight excluding hydrogens is 812 g/mol. The van der Waals surface area contributed by atoms with Crippen molar-refractivity contribution in [3.8, 4) is 0 Å². The monoisotopic (exact) mass is 864 g/mol. The first-order valence-corrected chi connectivity index (χ1v) is 18.2. The Morgan fingerprint density at radius 3 is 1.68 bits per heavy atom. The van der Waals surface area contributed by atoms with Gasteiger partial charge in [0.2, 0.25) is 11.8 Å². The predicted molar refractivity (Wildman–Crippen MR) is 179 cm³/mol. The highest BCUT2D eigenvalue weighted by molar-refractivity contribution is 5.77. The topological polar surface area (TPSA) is 440 Å². The van der Waals surface area contributed by atoms with Crippen molar-refractivity contribution >= 4 is 23.8 Å². The normalized spacial score (nSPS) is 43.9. The van der Waals surface area contributed by atoms with E-state index in [0.717, 1.165) is 13.8 Å². The van der Waals surface area contributed by atoms with E-state index in [9.17, 15) is 90.7 Å². The molecule has 0 aromatic carbocycles. The zero-order valence-corrected chi connectivity index (χ0v) is 31.4. The summed E-state index contributed by atoms with van der Waals surface area (Å²) in [6.07, 6.45) is -33.6. The Morgan fingerprint density at radius 2 is 1.15 bits per heavy atom. The average Bonchev–Trinajstić information content (AvgIpc) is 3.17. The van der Waals surface area contributed by atoms with Crippen molar-refractivity contribution in [1.29, 1.82) is 0 Å². The number of aliphatic carboxylic acids is 2. The van der Waals surface area contributed by atoms with E-state index in [2.05, 4.69) is 10.6 Å². The number of ether oxygens (including phenoxy) is 7. The zero-order chi connectivity index (χ0) is 44.3. The summed E-state index contributed by atoms with van der Waals surface area (Å²) in [4.78, 5) is 49.0. The summed E-state index contributed by atoms with van der Waals surface area (Å²) in [5.74, 6) is -11.7. The molecule has 4 fully saturated rings. The van der Waals surface area contributed by atoms with Gasteiger partial charge in [-0.3, -0.25) is 9.59 Å². The number of hydrogen-bond acceptors (Lipinski definition) is 23. The molecule has 4 saturated heterocycles. The van der Waals surface area contributed by atoms with Gasteiger partial charge in [-0.05, 0) is 0 Å². The molecule has 16 N–H and O–H groups in total. The lowest BCUT2D eigenvalue weighted by Crippen LogP contribution is -2.68. The number of carbonyl (C=O) groups excluding carboxylic acids is 2. The first-order valence-electron chi connectivity index (χ1n) is 18.2. The molecule has 0 aromatic heterocycles. The Balaban J connectivity index is 1.60. The third kappa shape index (κ3) is 10.6. The molecule has 27 nitrogen and oxygen atoms in total. The van der Waals surface area contributed by atoms with Crippen LogP contribution in [0.2, 0.25) is 0 Å². The highest BCUT2D eigenvalue weighted by Crippen LogP contribution is 2.40. The van der Waals surface area contributed by atoms with Crippen molar-refractivity contribution in [1.82, 2.24) is 10.6 Å². The van der Waals surface area contributed by atoms with Gasteiger partial charge in [0.25, 0.3) is 11.6 Å². The molecule has 4 aliphatic heterocycles. The van der Waals surface area contributed by atoms with Crippen molar-refractivity contribution in [3.63, 3.8) is 0 Å². The van der Waals surface area contributed by atoms with E-state index in [4.69, 9.17) is 33.2 Å². The van der Waals surface area contributed by atoms with E-state index in [1.54, 1.807) is 0 Å². The number of amides is 2. The quantitative estimate of drug-likeness (QED) is 0.0685. The zero-order valence-electron chi connectivity index (χ0n) is 31.4. The molecule has 0 spiro atoms. The number of rotatable bonds is 16. The molecule has 340 valence electrons. The second-order valence-corrected chi connectivity index (χ2v) is 14.6. The first-order chi connectivity index (χ1) is 27.5. The summed E-state index contributed by atoms with van der Waals surface area (Å²) < 4.78 is 38.6. The maximum Gasteiger partial charge on any atom is 0.364 e. The molecule has 0 unspecified atom stereocenters. The summed E-state index contributed by atoms with van der Waals surface area (Å²) in [5.41, 5.74) is 0. The van der Waals surface area contributed by atoms with Gasteiger partial charge in [-0.25, -0.2) is 9.59 Å². The molecule has 27 heteroatoms. The average molecular weight is 865 g/mol. The third-order valence-corrected chi connectivity index (χ3v) is 10.2. The molecule has 0 saturated carbocycles. The van der Waals surface area contributed by atoms with Gasteiger partial charge in [0.1, 0.15) is 85.3 Å². The van der Waals surface area contributed by atoms with Crippen LogP contribution >= 0.6 is 0 Å². The first kappa shape index (κ1) is 48.8. The molecule has 0 aliphatic carbocycles. The van der Waals surface area contributed by atoms with Crippen molar-refractivity contribution in [2.75, 3.05) is 26.4 Å². The predicted octanol–water partition coefficient (Wildman–Crippen LogP) is -9.77. The SMILES string of the molecule is CC(=O)N[C@@H]1[C@@H](O)[C@H](O)[C@@H](CO[C@@H]2O[C@H](CO[C@]3(C(=O)O)C[C@@H](O[C@]4(C(=O)O)C[C@@H](O)[C@@H](O)[C@@H]([C@H](O)CO)O4)[C@@H](O)[C@@H]([C@H](O)CO)O3)[C@@H](O)[C@H](O)[C@H]2NC(C)=O)O[C@H]1O. The lowest BCUT2D eigenvalue weighted by atomic mass is 9.90. The lowest BCUT2D eigenvalue weighted by Gasteiger charge is -2.50. The molecule has 4 rings (SSSR count). The second-order valence-electron chi connectivity index (χ2n) is 14.6. The molecule has 4 heterocycles. The number of aliphatic hydroxyl groups is 12. The van der Waals surface area contributed by atoms with Gasteiger partial charge in [0.15, 0.2) is 12.6 Å². The smallest absolute Gasteiger partial charge is 0.364 e. The molecular formula is C32H52N2O25. The van der Waals surface area contributed by atoms with Gasteiger partial charge >= 0.3 is 11.9 Å². The number of carboxylic acids is 2. The van der Waals surface area contributed by atoms with Crippen LogP contribution in [-0.2, 0) is 52.3 Å². The Labute approximate surface area is 333 Å². The van der Waals surface area contributed by atoms with Gasteiger partial charge in [0, 0.05) is 26.7 Å². The van der Waals surface area contributed by atoms with Crippen LogP contribution in [0, 0.1) is 0 Å². The van der Waals surface area contributed by atoms with Crippen LogP contribution in [0.1, 0.15) is 26.7 Å². The number of hydrogen-bond donors (Lipinski definition) is 16. The summed E-state index contributed by atoms with van der Waals surface area (Å²) in [6, 6.07) is -3.05. The highest BCUT2D eigenvalue weighted by atomic mass is 16.8. The van der Waals surface area contributed by atoms with Gasteiger partial charge in [-0.2, -0.15) is 0 Å². The summed E-state index contributed by atoms with van der Waals surface area (Å²) in [7, 11) is 0.